The monoisotopic (exact) mass is 368 g/mol. The Morgan fingerprint density at radius 2 is 2.21 bits per heavy atom. The Labute approximate surface area is 150 Å². The highest BCUT2D eigenvalue weighted by Crippen LogP contribution is 2.37. The van der Waals surface area contributed by atoms with Crippen molar-refractivity contribution in [1.29, 1.82) is 0 Å². The highest BCUT2D eigenvalue weighted by atomic mass is 35.5. The highest BCUT2D eigenvalue weighted by molar-refractivity contribution is 6.39. The molecule has 1 atom stereocenters. The largest absolute Gasteiger partial charge is 0.480 e. The van der Waals surface area contributed by atoms with Gasteiger partial charge in [-0.15, -0.1) is 0 Å². The lowest BCUT2D eigenvalue weighted by atomic mass is 10.2. The molecule has 7 heteroatoms. The molecule has 0 unspecified atom stereocenters. The molecule has 0 spiro atoms. The van der Waals surface area contributed by atoms with Crippen LogP contribution in [0.25, 0.3) is 10.9 Å². The minimum Gasteiger partial charge on any atom is -0.480 e. The van der Waals surface area contributed by atoms with E-state index in [0.29, 0.717) is 41.0 Å². The van der Waals surface area contributed by atoms with Crippen LogP contribution in [0.5, 0.6) is 5.75 Å². The number of rotatable bonds is 3. The number of halogens is 2. The first-order chi connectivity index (χ1) is 11.5. The van der Waals surface area contributed by atoms with Crippen molar-refractivity contribution < 1.29 is 14.3 Å². The maximum absolute atomic E-state index is 12.4. The van der Waals surface area contributed by atoms with E-state index in [9.17, 15) is 4.79 Å². The average molecular weight is 369 g/mol. The number of aromatic nitrogens is 1. The third-order valence-electron chi connectivity index (χ3n) is 3.91. The van der Waals surface area contributed by atoms with Gasteiger partial charge in [0.05, 0.1) is 22.8 Å². The number of carbonyl (C=O) groups is 1. The van der Waals surface area contributed by atoms with Crippen molar-refractivity contribution in [3.05, 3.63) is 33.9 Å². The summed E-state index contributed by atoms with van der Waals surface area (Å²) in [5, 5.41) is 1.59. The lowest BCUT2D eigenvalue weighted by Gasteiger charge is -2.31. The minimum absolute atomic E-state index is 0.0342. The second-order valence-electron chi connectivity index (χ2n) is 5.83. The Balaban J connectivity index is 1.82. The van der Waals surface area contributed by atoms with E-state index >= 15 is 0 Å². The molecule has 2 aromatic rings. The lowest BCUT2D eigenvalue weighted by Crippen LogP contribution is -2.46. The molecule has 0 bridgehead atoms. The van der Waals surface area contributed by atoms with Crippen LogP contribution in [0.3, 0.4) is 0 Å². The van der Waals surface area contributed by atoms with Crippen LogP contribution in [-0.2, 0) is 9.53 Å². The van der Waals surface area contributed by atoms with Crippen LogP contribution in [-0.4, -0.2) is 48.2 Å². The maximum atomic E-state index is 12.4. The Kier molecular flexibility index (Phi) is 5.13. The van der Waals surface area contributed by atoms with Gasteiger partial charge in [-0.1, -0.05) is 23.2 Å². The number of carbonyl (C=O) groups excluding carboxylic acids is 1. The maximum Gasteiger partial charge on any atom is 0.260 e. The molecule has 0 radical (unpaired) electrons. The number of pyridine rings is 1. The first-order valence-electron chi connectivity index (χ1n) is 7.73. The molecular formula is C17H18Cl2N2O3. The zero-order chi connectivity index (χ0) is 17.3. The fourth-order valence-electron chi connectivity index (χ4n) is 2.70. The number of hydrogen-bond donors (Lipinski definition) is 0. The minimum atomic E-state index is -0.100. The van der Waals surface area contributed by atoms with E-state index in [1.165, 1.54) is 0 Å². The number of benzene rings is 1. The molecule has 24 heavy (non-hydrogen) atoms. The molecule has 0 saturated carbocycles. The van der Waals surface area contributed by atoms with Crippen molar-refractivity contribution >= 4 is 40.0 Å². The SMILES string of the molecule is Cc1ccc2c(Cl)cc(Cl)c(OCC(=O)N3CCO[C@@H](C)C3)c2n1. The van der Waals surface area contributed by atoms with Gasteiger partial charge in [0.15, 0.2) is 12.4 Å². The van der Waals surface area contributed by atoms with E-state index in [0.717, 1.165) is 11.1 Å². The fraction of sp³-hybridized carbons (Fsp3) is 0.412. The molecule has 1 saturated heterocycles. The summed E-state index contributed by atoms with van der Waals surface area (Å²) in [5.74, 6) is 0.284. The molecule has 1 aromatic heterocycles. The summed E-state index contributed by atoms with van der Waals surface area (Å²) in [6.45, 7) is 5.39. The summed E-state index contributed by atoms with van der Waals surface area (Å²) in [6.07, 6.45) is 0.0342. The smallest absolute Gasteiger partial charge is 0.260 e. The number of aryl methyl sites for hydroxylation is 1. The van der Waals surface area contributed by atoms with Crippen LogP contribution in [0.1, 0.15) is 12.6 Å². The normalized spacial score (nSPS) is 18.0. The first-order valence-corrected chi connectivity index (χ1v) is 8.49. The molecule has 128 valence electrons. The fourth-order valence-corrected chi connectivity index (χ4v) is 3.27. The van der Waals surface area contributed by atoms with E-state index in [2.05, 4.69) is 4.98 Å². The third-order valence-corrected chi connectivity index (χ3v) is 4.50. The second kappa shape index (κ2) is 7.13. The van der Waals surface area contributed by atoms with Crippen LogP contribution in [0, 0.1) is 6.92 Å². The third kappa shape index (κ3) is 3.58. The van der Waals surface area contributed by atoms with Gasteiger partial charge in [0, 0.05) is 24.2 Å². The van der Waals surface area contributed by atoms with Gasteiger partial charge < -0.3 is 14.4 Å². The Morgan fingerprint density at radius 1 is 1.42 bits per heavy atom. The van der Waals surface area contributed by atoms with Crippen LogP contribution < -0.4 is 4.74 Å². The number of amides is 1. The van der Waals surface area contributed by atoms with E-state index in [-0.39, 0.29) is 18.6 Å². The Hall–Kier alpha value is -1.56. The number of fused-ring (bicyclic) bond motifs is 1. The van der Waals surface area contributed by atoms with Gasteiger partial charge in [0.25, 0.3) is 5.91 Å². The summed E-state index contributed by atoms with van der Waals surface area (Å²) in [4.78, 5) is 18.6. The molecule has 0 N–H and O–H groups in total. The van der Waals surface area contributed by atoms with Gasteiger partial charge in [0.1, 0.15) is 5.52 Å². The van der Waals surface area contributed by atoms with Gasteiger partial charge in [0.2, 0.25) is 0 Å². The number of hydrogen-bond acceptors (Lipinski definition) is 4. The molecule has 1 aliphatic rings. The molecule has 2 heterocycles. The van der Waals surface area contributed by atoms with Gasteiger partial charge >= 0.3 is 0 Å². The van der Waals surface area contributed by atoms with Crippen LogP contribution >= 0.6 is 23.2 Å². The van der Waals surface area contributed by atoms with Crippen molar-refractivity contribution in [1.82, 2.24) is 9.88 Å². The predicted molar refractivity (Wildman–Crippen MR) is 94.0 cm³/mol. The Bertz CT molecular complexity index is 782. The van der Waals surface area contributed by atoms with Gasteiger partial charge in [-0.25, -0.2) is 4.98 Å². The van der Waals surface area contributed by atoms with Crippen molar-refractivity contribution in [3.8, 4) is 5.75 Å². The lowest BCUT2D eigenvalue weighted by molar-refractivity contribution is -0.140. The zero-order valence-corrected chi connectivity index (χ0v) is 15.0. The molecular weight excluding hydrogens is 351 g/mol. The standard InChI is InChI=1S/C17H18Cl2N2O3/c1-10-3-4-12-13(18)7-14(19)17(16(12)20-10)24-9-15(22)21-5-6-23-11(2)8-21/h3-4,7,11H,5-6,8-9H2,1-2H3/t11-/m0/s1. The molecule has 1 fully saturated rings. The molecule has 0 aliphatic carbocycles. The molecule has 3 rings (SSSR count). The van der Waals surface area contributed by atoms with E-state index in [1.807, 2.05) is 26.0 Å². The van der Waals surface area contributed by atoms with Gasteiger partial charge in [-0.3, -0.25) is 4.79 Å². The second-order valence-corrected chi connectivity index (χ2v) is 6.64. The van der Waals surface area contributed by atoms with E-state index in [4.69, 9.17) is 32.7 Å². The first kappa shape index (κ1) is 17.3. The Morgan fingerprint density at radius 3 is 2.96 bits per heavy atom. The van der Waals surface area contributed by atoms with Gasteiger partial charge in [-0.2, -0.15) is 0 Å². The van der Waals surface area contributed by atoms with Crippen molar-refractivity contribution in [3.63, 3.8) is 0 Å². The highest BCUT2D eigenvalue weighted by Gasteiger charge is 2.22. The zero-order valence-electron chi connectivity index (χ0n) is 13.5. The van der Waals surface area contributed by atoms with Crippen LogP contribution in [0.15, 0.2) is 18.2 Å². The average Bonchev–Trinajstić information content (AvgIpc) is 2.54. The van der Waals surface area contributed by atoms with Crippen molar-refractivity contribution in [2.75, 3.05) is 26.3 Å². The molecule has 1 amide bonds. The topological polar surface area (TPSA) is 51.7 Å². The number of morpholine rings is 1. The summed E-state index contributed by atoms with van der Waals surface area (Å²) < 4.78 is 11.2. The number of nitrogens with zero attached hydrogens (tertiary/aromatic N) is 2. The predicted octanol–water partition coefficient (Wildman–Crippen LogP) is 3.48. The van der Waals surface area contributed by atoms with Crippen LogP contribution in [0.2, 0.25) is 10.0 Å². The number of ether oxygens (including phenoxy) is 2. The molecule has 5 nitrogen and oxygen atoms in total. The summed E-state index contributed by atoms with van der Waals surface area (Å²) in [5.41, 5.74) is 1.38. The quantitative estimate of drug-likeness (QED) is 0.831. The van der Waals surface area contributed by atoms with Gasteiger partial charge in [-0.05, 0) is 32.0 Å². The van der Waals surface area contributed by atoms with E-state index < -0.39 is 0 Å². The van der Waals surface area contributed by atoms with Crippen molar-refractivity contribution in [2.45, 2.75) is 20.0 Å². The molecule has 1 aromatic carbocycles. The summed E-state index contributed by atoms with van der Waals surface area (Å²) in [6, 6.07) is 5.35. The van der Waals surface area contributed by atoms with E-state index in [1.54, 1.807) is 11.0 Å². The molecule has 1 aliphatic heterocycles. The summed E-state index contributed by atoms with van der Waals surface area (Å²) >= 11 is 12.5. The summed E-state index contributed by atoms with van der Waals surface area (Å²) in [7, 11) is 0. The van der Waals surface area contributed by atoms with Crippen LogP contribution in [0.4, 0.5) is 0 Å². The van der Waals surface area contributed by atoms with Crippen molar-refractivity contribution in [2.24, 2.45) is 0 Å².